The first kappa shape index (κ1) is 13.5. The van der Waals surface area contributed by atoms with Gasteiger partial charge in [-0.15, -0.1) is 0 Å². The van der Waals surface area contributed by atoms with Gasteiger partial charge in [-0.1, -0.05) is 66.7 Å². The summed E-state index contributed by atoms with van der Waals surface area (Å²) >= 11 is 0. The van der Waals surface area contributed by atoms with Gasteiger partial charge in [0.25, 0.3) is 0 Å². The quantitative estimate of drug-likeness (QED) is 0.509. The van der Waals surface area contributed by atoms with Crippen molar-refractivity contribution < 1.29 is 0 Å². The van der Waals surface area contributed by atoms with Crippen LogP contribution in [0.4, 0.5) is 0 Å². The summed E-state index contributed by atoms with van der Waals surface area (Å²) in [4.78, 5) is 4.33. The number of imidazole rings is 1. The molecule has 0 aliphatic heterocycles. The lowest BCUT2D eigenvalue weighted by molar-refractivity contribution is 0.914. The van der Waals surface area contributed by atoms with Crippen molar-refractivity contribution in [1.82, 2.24) is 9.66 Å². The molecule has 0 saturated carbocycles. The van der Waals surface area contributed by atoms with Crippen molar-refractivity contribution in [3.8, 4) is 11.1 Å². The summed E-state index contributed by atoms with van der Waals surface area (Å²) in [6, 6.07) is 26.7. The van der Waals surface area contributed by atoms with Crippen LogP contribution >= 0.6 is 0 Å². The topological polar surface area (TPSA) is 30.2 Å². The number of aromatic nitrogens is 2. The highest BCUT2D eigenvalue weighted by molar-refractivity contribution is 5.82. The van der Waals surface area contributed by atoms with Gasteiger partial charge in [0.15, 0.2) is 0 Å². The van der Waals surface area contributed by atoms with Crippen LogP contribution in [0.3, 0.4) is 0 Å². The lowest BCUT2D eigenvalue weighted by Gasteiger charge is -2.01. The Labute approximate surface area is 134 Å². The third kappa shape index (κ3) is 2.77. The lowest BCUT2D eigenvalue weighted by atomic mass is 10.0. The average Bonchev–Trinajstić information content (AvgIpc) is 3.04. The minimum absolute atomic E-state index is 0.948. The van der Waals surface area contributed by atoms with Crippen molar-refractivity contribution in [3.63, 3.8) is 0 Å². The SMILES string of the molecule is C(=Nn1cnc2ccccc21)c1ccc(-c2ccccc2)cc1. The highest BCUT2D eigenvalue weighted by Gasteiger charge is 1.99. The van der Waals surface area contributed by atoms with Gasteiger partial charge in [0.05, 0.1) is 17.2 Å². The maximum absolute atomic E-state index is 4.50. The van der Waals surface area contributed by atoms with Crippen LogP contribution in [0, 0.1) is 0 Å². The van der Waals surface area contributed by atoms with E-state index in [9.17, 15) is 0 Å². The number of para-hydroxylation sites is 2. The van der Waals surface area contributed by atoms with Crippen LogP contribution in [0.5, 0.6) is 0 Å². The van der Waals surface area contributed by atoms with E-state index in [1.165, 1.54) is 11.1 Å². The standard InChI is InChI=1S/C20H15N3/c1-2-6-17(7-3-1)18-12-10-16(11-13-18)14-22-23-15-21-19-8-4-5-9-20(19)23/h1-15H. The van der Waals surface area contributed by atoms with Crippen LogP contribution in [0.2, 0.25) is 0 Å². The van der Waals surface area contributed by atoms with E-state index in [0.717, 1.165) is 16.6 Å². The van der Waals surface area contributed by atoms with Crippen molar-refractivity contribution in [2.75, 3.05) is 0 Å². The van der Waals surface area contributed by atoms with Gasteiger partial charge >= 0.3 is 0 Å². The third-order valence-corrected chi connectivity index (χ3v) is 3.78. The van der Waals surface area contributed by atoms with Gasteiger partial charge in [-0.2, -0.15) is 5.10 Å². The number of benzene rings is 3. The summed E-state index contributed by atoms with van der Waals surface area (Å²) in [5, 5.41) is 4.50. The van der Waals surface area contributed by atoms with Gasteiger partial charge < -0.3 is 0 Å². The summed E-state index contributed by atoms with van der Waals surface area (Å²) in [7, 11) is 0. The monoisotopic (exact) mass is 297 g/mol. The zero-order chi connectivity index (χ0) is 15.5. The largest absolute Gasteiger partial charge is 0.235 e. The molecule has 0 unspecified atom stereocenters. The second kappa shape index (κ2) is 5.89. The fraction of sp³-hybridized carbons (Fsp3) is 0. The van der Waals surface area contributed by atoms with Crippen molar-refractivity contribution in [3.05, 3.63) is 90.8 Å². The van der Waals surface area contributed by atoms with Gasteiger partial charge in [0, 0.05) is 0 Å². The van der Waals surface area contributed by atoms with E-state index in [1.54, 1.807) is 11.0 Å². The van der Waals surface area contributed by atoms with E-state index in [0.29, 0.717) is 0 Å². The van der Waals surface area contributed by atoms with E-state index in [4.69, 9.17) is 0 Å². The molecule has 0 saturated heterocycles. The Morgan fingerprint density at radius 1 is 0.739 bits per heavy atom. The highest BCUT2D eigenvalue weighted by atomic mass is 15.4. The number of hydrogen-bond acceptors (Lipinski definition) is 2. The summed E-state index contributed by atoms with van der Waals surface area (Å²) in [5.41, 5.74) is 5.43. The Morgan fingerprint density at radius 2 is 1.43 bits per heavy atom. The minimum Gasteiger partial charge on any atom is -0.235 e. The molecule has 3 aromatic carbocycles. The molecule has 0 atom stereocenters. The molecule has 0 aliphatic carbocycles. The van der Waals surface area contributed by atoms with Gasteiger partial charge in [-0.3, -0.25) is 0 Å². The molecule has 23 heavy (non-hydrogen) atoms. The average molecular weight is 297 g/mol. The Balaban J connectivity index is 1.59. The van der Waals surface area contributed by atoms with E-state index < -0.39 is 0 Å². The molecule has 0 amide bonds. The molecule has 110 valence electrons. The first-order valence-electron chi connectivity index (χ1n) is 7.52. The number of nitrogens with zero attached hydrogens (tertiary/aromatic N) is 3. The second-order valence-electron chi connectivity index (χ2n) is 5.31. The molecule has 3 heteroatoms. The van der Waals surface area contributed by atoms with Crippen LogP contribution < -0.4 is 0 Å². The molecule has 1 aromatic heterocycles. The number of rotatable bonds is 3. The molecular weight excluding hydrogens is 282 g/mol. The van der Waals surface area contributed by atoms with Crippen LogP contribution in [0.1, 0.15) is 5.56 Å². The van der Waals surface area contributed by atoms with E-state index in [-0.39, 0.29) is 0 Å². The molecule has 4 rings (SSSR count). The molecule has 1 heterocycles. The van der Waals surface area contributed by atoms with Gasteiger partial charge in [-0.05, 0) is 28.8 Å². The molecule has 0 radical (unpaired) electrons. The first-order chi connectivity index (χ1) is 11.4. The van der Waals surface area contributed by atoms with E-state index in [1.807, 2.05) is 36.5 Å². The molecular formula is C20H15N3. The maximum atomic E-state index is 4.50. The summed E-state index contributed by atoms with van der Waals surface area (Å²) in [5.74, 6) is 0. The molecule has 4 aromatic rings. The van der Waals surface area contributed by atoms with Gasteiger partial charge in [-0.25, -0.2) is 9.66 Å². The Bertz CT molecular complexity index is 951. The normalized spacial score (nSPS) is 11.3. The predicted molar refractivity (Wildman–Crippen MR) is 94.6 cm³/mol. The molecule has 0 aliphatic rings. The zero-order valence-corrected chi connectivity index (χ0v) is 12.5. The summed E-state index contributed by atoms with van der Waals surface area (Å²) in [6.07, 6.45) is 3.59. The van der Waals surface area contributed by atoms with Crippen LogP contribution in [0.25, 0.3) is 22.2 Å². The molecule has 0 bridgehead atoms. The summed E-state index contributed by atoms with van der Waals surface area (Å²) in [6.45, 7) is 0. The van der Waals surface area contributed by atoms with Crippen molar-refractivity contribution in [2.45, 2.75) is 0 Å². The van der Waals surface area contributed by atoms with Gasteiger partial charge in [0.1, 0.15) is 6.33 Å². The molecule has 3 nitrogen and oxygen atoms in total. The molecule has 0 spiro atoms. The number of hydrogen-bond donors (Lipinski definition) is 0. The minimum atomic E-state index is 0.948. The van der Waals surface area contributed by atoms with Crippen LogP contribution in [0.15, 0.2) is 90.3 Å². The van der Waals surface area contributed by atoms with Crippen molar-refractivity contribution in [2.24, 2.45) is 5.10 Å². The van der Waals surface area contributed by atoms with Crippen LogP contribution in [-0.4, -0.2) is 15.9 Å². The fourth-order valence-electron chi connectivity index (χ4n) is 2.56. The second-order valence-corrected chi connectivity index (χ2v) is 5.31. The van der Waals surface area contributed by atoms with Crippen LogP contribution in [-0.2, 0) is 0 Å². The zero-order valence-electron chi connectivity index (χ0n) is 12.5. The summed E-state index contributed by atoms with van der Waals surface area (Å²) < 4.78 is 1.79. The maximum Gasteiger partial charge on any atom is 0.118 e. The predicted octanol–water partition coefficient (Wildman–Crippen LogP) is 4.59. The van der Waals surface area contributed by atoms with E-state index >= 15 is 0 Å². The Kier molecular flexibility index (Phi) is 3.45. The molecule has 0 N–H and O–H groups in total. The smallest absolute Gasteiger partial charge is 0.118 e. The van der Waals surface area contributed by atoms with Gasteiger partial charge in [0.2, 0.25) is 0 Å². The fourth-order valence-corrected chi connectivity index (χ4v) is 2.56. The van der Waals surface area contributed by atoms with Crippen molar-refractivity contribution in [1.29, 1.82) is 0 Å². The van der Waals surface area contributed by atoms with E-state index in [2.05, 4.69) is 58.6 Å². The third-order valence-electron chi connectivity index (χ3n) is 3.78. The Morgan fingerprint density at radius 3 is 2.26 bits per heavy atom. The highest BCUT2D eigenvalue weighted by Crippen LogP contribution is 2.19. The number of fused-ring (bicyclic) bond motifs is 1. The lowest BCUT2D eigenvalue weighted by Crippen LogP contribution is -1.89. The molecule has 0 fully saturated rings. The Hall–Kier alpha value is -3.20. The van der Waals surface area contributed by atoms with Crippen molar-refractivity contribution >= 4 is 17.2 Å². The first-order valence-corrected chi connectivity index (χ1v) is 7.52.